The minimum atomic E-state index is -4.77. The van der Waals surface area contributed by atoms with Crippen LogP contribution in [0.25, 0.3) is 0 Å². The number of hydrogen-bond donors (Lipinski definition) is 1. The lowest BCUT2D eigenvalue weighted by Gasteiger charge is -2.21. The fourth-order valence-electron chi connectivity index (χ4n) is 3.85. The molecule has 0 saturated heterocycles. The molecular weight excluding hydrogens is 295 g/mol. The summed E-state index contributed by atoms with van der Waals surface area (Å²) in [6.45, 7) is 0. The van der Waals surface area contributed by atoms with Gasteiger partial charge in [-0.3, -0.25) is 4.79 Å². The van der Waals surface area contributed by atoms with Crippen molar-refractivity contribution in [3.05, 3.63) is 24.3 Å². The summed E-state index contributed by atoms with van der Waals surface area (Å²) < 4.78 is 41.0. The number of halogens is 3. The molecule has 3 rings (SSSR count). The number of amides is 1. The first-order chi connectivity index (χ1) is 10.4. The monoisotopic (exact) mass is 313 g/mol. The maximum absolute atomic E-state index is 12.4. The Hall–Kier alpha value is -1.72. The van der Waals surface area contributed by atoms with Crippen LogP contribution in [0.1, 0.15) is 32.1 Å². The number of benzene rings is 1. The van der Waals surface area contributed by atoms with E-state index in [0.29, 0.717) is 18.3 Å². The first-order valence-electron chi connectivity index (χ1n) is 7.55. The molecule has 1 amide bonds. The van der Waals surface area contributed by atoms with Crippen LogP contribution in [0.4, 0.5) is 18.9 Å². The minimum absolute atomic E-state index is 0.0629. The molecule has 0 heterocycles. The van der Waals surface area contributed by atoms with Gasteiger partial charge in [-0.25, -0.2) is 0 Å². The lowest BCUT2D eigenvalue weighted by Crippen LogP contribution is -2.22. The maximum Gasteiger partial charge on any atom is 0.573 e. The second-order valence-corrected chi connectivity index (χ2v) is 6.23. The van der Waals surface area contributed by atoms with E-state index in [1.54, 1.807) is 6.07 Å². The van der Waals surface area contributed by atoms with Crippen molar-refractivity contribution in [2.24, 2.45) is 17.8 Å². The molecule has 3 nitrogen and oxygen atoms in total. The minimum Gasteiger partial charge on any atom is -0.404 e. The highest BCUT2D eigenvalue weighted by Crippen LogP contribution is 2.49. The second-order valence-electron chi connectivity index (χ2n) is 6.23. The molecule has 2 bridgehead atoms. The number of alkyl halides is 3. The smallest absolute Gasteiger partial charge is 0.404 e. The molecular formula is C16H18F3NO2. The van der Waals surface area contributed by atoms with Crippen molar-refractivity contribution < 1.29 is 22.7 Å². The van der Waals surface area contributed by atoms with E-state index in [9.17, 15) is 18.0 Å². The Morgan fingerprint density at radius 2 is 2.00 bits per heavy atom. The van der Waals surface area contributed by atoms with Crippen molar-refractivity contribution in [2.75, 3.05) is 5.32 Å². The van der Waals surface area contributed by atoms with Gasteiger partial charge >= 0.3 is 6.36 Å². The van der Waals surface area contributed by atoms with Gasteiger partial charge < -0.3 is 10.1 Å². The largest absolute Gasteiger partial charge is 0.573 e. The zero-order chi connectivity index (χ0) is 15.7. The Morgan fingerprint density at radius 3 is 2.64 bits per heavy atom. The van der Waals surface area contributed by atoms with Gasteiger partial charge in [0.1, 0.15) is 0 Å². The zero-order valence-electron chi connectivity index (χ0n) is 12.0. The topological polar surface area (TPSA) is 38.3 Å². The Labute approximate surface area is 126 Å². The molecule has 120 valence electrons. The predicted molar refractivity (Wildman–Crippen MR) is 75.3 cm³/mol. The molecule has 2 saturated carbocycles. The lowest BCUT2D eigenvalue weighted by molar-refractivity contribution is -0.274. The molecule has 0 radical (unpaired) electrons. The molecule has 6 heteroatoms. The molecule has 0 aromatic heterocycles. The quantitative estimate of drug-likeness (QED) is 0.897. The number of anilines is 1. The van der Waals surface area contributed by atoms with Gasteiger partial charge in [-0.05, 0) is 49.1 Å². The Balaban J connectivity index is 1.62. The first-order valence-corrected chi connectivity index (χ1v) is 7.55. The molecule has 3 atom stereocenters. The average molecular weight is 313 g/mol. The van der Waals surface area contributed by atoms with Crippen LogP contribution in [0.5, 0.6) is 5.75 Å². The van der Waals surface area contributed by atoms with Crippen LogP contribution in [0.2, 0.25) is 0 Å². The van der Waals surface area contributed by atoms with Crippen LogP contribution < -0.4 is 10.1 Å². The number of carbonyl (C=O) groups is 1. The first kappa shape index (κ1) is 15.2. The van der Waals surface area contributed by atoms with Gasteiger partial charge in [0.05, 0.1) is 5.69 Å². The summed E-state index contributed by atoms with van der Waals surface area (Å²) in [6.07, 6.45) is 0.304. The Bertz CT molecular complexity index is 559. The molecule has 1 N–H and O–H groups in total. The number of para-hydroxylation sites is 2. The molecule has 0 spiro atoms. The van der Waals surface area contributed by atoms with E-state index in [0.717, 1.165) is 12.3 Å². The summed E-state index contributed by atoms with van der Waals surface area (Å²) in [5.41, 5.74) is 0.0629. The Kier molecular flexibility index (Phi) is 4.02. The van der Waals surface area contributed by atoms with E-state index < -0.39 is 6.36 Å². The van der Waals surface area contributed by atoms with Gasteiger partial charge in [-0.1, -0.05) is 18.6 Å². The molecule has 2 aliphatic rings. The normalized spacial score (nSPS) is 27.0. The molecule has 2 fully saturated rings. The van der Waals surface area contributed by atoms with Crippen molar-refractivity contribution in [1.82, 2.24) is 0 Å². The van der Waals surface area contributed by atoms with E-state index >= 15 is 0 Å². The van der Waals surface area contributed by atoms with E-state index in [2.05, 4.69) is 10.1 Å². The highest BCUT2D eigenvalue weighted by molar-refractivity contribution is 5.92. The van der Waals surface area contributed by atoms with Crippen LogP contribution in [0.15, 0.2) is 24.3 Å². The molecule has 2 aliphatic carbocycles. The number of rotatable bonds is 4. The predicted octanol–water partition coefficient (Wildman–Crippen LogP) is 4.35. The molecule has 1 aromatic rings. The second kappa shape index (κ2) is 5.82. The number of carbonyl (C=O) groups excluding carboxylic acids is 1. The summed E-state index contributed by atoms with van der Waals surface area (Å²) in [6, 6.07) is 5.61. The fraction of sp³-hybridized carbons (Fsp3) is 0.562. The maximum atomic E-state index is 12.4. The molecule has 1 aromatic carbocycles. The highest BCUT2D eigenvalue weighted by atomic mass is 19.4. The third-order valence-corrected chi connectivity index (χ3v) is 4.72. The number of fused-ring (bicyclic) bond motifs is 2. The van der Waals surface area contributed by atoms with Crippen LogP contribution in [-0.2, 0) is 4.79 Å². The standard InChI is InChI=1S/C16H18F3NO2/c17-16(18,19)22-14-4-2-1-3-13(14)20-15(21)9-12-8-10-5-6-11(12)7-10/h1-4,10-12H,5-9H2,(H,20,21). The van der Waals surface area contributed by atoms with Crippen molar-refractivity contribution in [1.29, 1.82) is 0 Å². The average Bonchev–Trinajstić information content (AvgIpc) is 3.01. The van der Waals surface area contributed by atoms with Gasteiger partial charge in [-0.15, -0.1) is 13.2 Å². The SMILES string of the molecule is O=C(CC1CC2CCC1C2)Nc1ccccc1OC(F)(F)F. The third kappa shape index (κ3) is 3.54. The van der Waals surface area contributed by atoms with Crippen molar-refractivity contribution in [3.63, 3.8) is 0 Å². The zero-order valence-corrected chi connectivity index (χ0v) is 12.0. The lowest BCUT2D eigenvalue weighted by atomic mass is 9.86. The van der Waals surface area contributed by atoms with Crippen LogP contribution >= 0.6 is 0 Å². The van der Waals surface area contributed by atoms with Gasteiger partial charge in [0.25, 0.3) is 0 Å². The fourth-order valence-corrected chi connectivity index (χ4v) is 3.85. The van der Waals surface area contributed by atoms with Crippen LogP contribution in [0.3, 0.4) is 0 Å². The number of ether oxygens (including phenoxy) is 1. The van der Waals surface area contributed by atoms with Crippen molar-refractivity contribution >= 4 is 11.6 Å². The van der Waals surface area contributed by atoms with E-state index in [1.807, 2.05) is 0 Å². The summed E-state index contributed by atoms with van der Waals surface area (Å²) in [4.78, 5) is 12.1. The molecule has 3 unspecified atom stereocenters. The summed E-state index contributed by atoms with van der Waals surface area (Å²) in [5, 5.41) is 2.56. The van der Waals surface area contributed by atoms with E-state index in [-0.39, 0.29) is 17.3 Å². The van der Waals surface area contributed by atoms with Crippen LogP contribution in [-0.4, -0.2) is 12.3 Å². The van der Waals surface area contributed by atoms with Gasteiger partial charge in [0.15, 0.2) is 5.75 Å². The van der Waals surface area contributed by atoms with Crippen molar-refractivity contribution in [2.45, 2.75) is 38.5 Å². The summed E-state index contributed by atoms with van der Waals surface area (Å²) in [5.74, 6) is 1.10. The van der Waals surface area contributed by atoms with Gasteiger partial charge in [0, 0.05) is 6.42 Å². The van der Waals surface area contributed by atoms with E-state index in [4.69, 9.17) is 0 Å². The van der Waals surface area contributed by atoms with E-state index in [1.165, 1.54) is 37.5 Å². The Morgan fingerprint density at radius 1 is 1.23 bits per heavy atom. The molecule has 0 aliphatic heterocycles. The summed E-state index contributed by atoms with van der Waals surface area (Å²) >= 11 is 0. The van der Waals surface area contributed by atoms with Crippen molar-refractivity contribution in [3.8, 4) is 5.75 Å². The van der Waals surface area contributed by atoms with Crippen LogP contribution in [0, 0.1) is 17.8 Å². The number of nitrogens with one attached hydrogen (secondary N) is 1. The number of hydrogen-bond acceptors (Lipinski definition) is 2. The van der Waals surface area contributed by atoms with Gasteiger partial charge in [0.2, 0.25) is 5.91 Å². The molecule has 22 heavy (non-hydrogen) atoms. The highest BCUT2D eigenvalue weighted by Gasteiger charge is 2.40. The summed E-state index contributed by atoms with van der Waals surface area (Å²) in [7, 11) is 0. The third-order valence-electron chi connectivity index (χ3n) is 4.72. The van der Waals surface area contributed by atoms with Gasteiger partial charge in [-0.2, -0.15) is 0 Å².